The number of rotatable bonds is 4. The van der Waals surface area contributed by atoms with Crippen LogP contribution in [0.2, 0.25) is 0 Å². The third-order valence-corrected chi connectivity index (χ3v) is 1.99. The van der Waals surface area contributed by atoms with E-state index >= 15 is 0 Å². The van der Waals surface area contributed by atoms with Gasteiger partial charge in [-0.1, -0.05) is 6.07 Å². The van der Waals surface area contributed by atoms with Crippen molar-refractivity contribution < 1.29 is 32.2 Å². The van der Waals surface area contributed by atoms with Crippen LogP contribution in [0.4, 0.5) is 0 Å². The fraction of sp³-hybridized carbons (Fsp3) is 0. The Bertz CT molecular complexity index is 559. The predicted octanol–water partition coefficient (Wildman–Crippen LogP) is 0.672. The van der Waals surface area contributed by atoms with Gasteiger partial charge in [-0.15, -0.1) is 0 Å². The first kappa shape index (κ1) is 13.0. The van der Waals surface area contributed by atoms with Crippen molar-refractivity contribution in [2.75, 3.05) is 0 Å². The molecule has 0 unspecified atom stereocenters. The number of carboxylic acids is 1. The average Bonchev–Trinajstić information content (AvgIpc) is 2.17. The molecule has 0 heterocycles. The number of phenols is 1. The molecule has 0 fully saturated rings. The van der Waals surface area contributed by atoms with E-state index in [-0.39, 0.29) is 0 Å². The van der Waals surface area contributed by atoms with Gasteiger partial charge in [-0.25, -0.2) is 4.79 Å². The van der Waals surface area contributed by atoms with Crippen molar-refractivity contribution in [3.05, 3.63) is 29.8 Å². The summed E-state index contributed by atoms with van der Waals surface area (Å²) in [6.07, 6.45) is 2.04. The van der Waals surface area contributed by atoms with E-state index in [9.17, 15) is 18.3 Å². The van der Waals surface area contributed by atoms with Crippen molar-refractivity contribution in [3.63, 3.8) is 0 Å². The molecular weight excluding hydrogens is 252 g/mol. The molecule has 0 aliphatic rings. The Labute approximate surface area is 96.5 Å². The molecular formula is C9H8O7S. The summed E-state index contributed by atoms with van der Waals surface area (Å²) in [6, 6.07) is 3.46. The lowest BCUT2D eigenvalue weighted by Gasteiger charge is -2.04. The largest absolute Gasteiger partial charge is 0.504 e. The molecule has 3 N–H and O–H groups in total. The molecule has 0 spiro atoms. The summed E-state index contributed by atoms with van der Waals surface area (Å²) < 4.78 is 33.2. The van der Waals surface area contributed by atoms with E-state index < -0.39 is 27.9 Å². The Kier molecular flexibility index (Phi) is 3.71. The topological polar surface area (TPSA) is 121 Å². The quantitative estimate of drug-likeness (QED) is 0.537. The molecule has 0 aliphatic heterocycles. The number of carbonyl (C=O) groups is 1. The molecule has 17 heavy (non-hydrogen) atoms. The van der Waals surface area contributed by atoms with Crippen LogP contribution in [0.25, 0.3) is 6.08 Å². The van der Waals surface area contributed by atoms with E-state index in [0.29, 0.717) is 5.56 Å². The third kappa shape index (κ3) is 4.53. The first-order valence-corrected chi connectivity index (χ1v) is 5.55. The fourth-order valence-electron chi connectivity index (χ4n) is 0.990. The monoisotopic (exact) mass is 260 g/mol. The SMILES string of the molecule is O=C(O)C=Cc1ccc(OS(=O)(=O)O)c(O)c1. The molecule has 0 bridgehead atoms. The minimum atomic E-state index is -4.71. The van der Waals surface area contributed by atoms with Crippen LogP contribution in [0.3, 0.4) is 0 Å². The summed E-state index contributed by atoms with van der Waals surface area (Å²) in [4.78, 5) is 10.2. The van der Waals surface area contributed by atoms with E-state index in [2.05, 4.69) is 4.18 Å². The number of aliphatic carboxylic acids is 1. The van der Waals surface area contributed by atoms with E-state index in [0.717, 1.165) is 18.2 Å². The lowest BCUT2D eigenvalue weighted by atomic mass is 10.2. The summed E-state index contributed by atoms with van der Waals surface area (Å²) in [7, 11) is -4.71. The van der Waals surface area contributed by atoms with E-state index in [1.807, 2.05) is 0 Å². The minimum absolute atomic E-state index is 0.326. The molecule has 1 rings (SSSR count). The lowest BCUT2D eigenvalue weighted by molar-refractivity contribution is -0.131. The van der Waals surface area contributed by atoms with Crippen LogP contribution in [-0.2, 0) is 15.2 Å². The van der Waals surface area contributed by atoms with Gasteiger partial charge in [0.2, 0.25) is 0 Å². The third-order valence-electron chi connectivity index (χ3n) is 1.60. The molecule has 92 valence electrons. The molecule has 7 nitrogen and oxygen atoms in total. The highest BCUT2D eigenvalue weighted by atomic mass is 32.3. The zero-order valence-corrected chi connectivity index (χ0v) is 9.09. The van der Waals surface area contributed by atoms with Gasteiger partial charge in [-0.3, -0.25) is 4.55 Å². The maximum absolute atomic E-state index is 10.4. The highest BCUT2D eigenvalue weighted by Gasteiger charge is 2.11. The van der Waals surface area contributed by atoms with Gasteiger partial charge in [0.1, 0.15) is 0 Å². The van der Waals surface area contributed by atoms with Crippen molar-refractivity contribution in [2.45, 2.75) is 0 Å². The number of hydrogen-bond acceptors (Lipinski definition) is 5. The Morgan fingerprint density at radius 2 is 2.00 bits per heavy atom. The Morgan fingerprint density at radius 1 is 1.35 bits per heavy atom. The molecule has 8 heteroatoms. The van der Waals surface area contributed by atoms with Crippen LogP contribution in [0.1, 0.15) is 5.56 Å². The smallest absolute Gasteiger partial charge is 0.446 e. The van der Waals surface area contributed by atoms with Gasteiger partial charge in [0.25, 0.3) is 0 Å². The molecule has 0 saturated heterocycles. The average molecular weight is 260 g/mol. The predicted molar refractivity (Wildman–Crippen MR) is 57.0 cm³/mol. The number of aromatic hydroxyl groups is 1. The van der Waals surface area contributed by atoms with Gasteiger partial charge in [0.15, 0.2) is 11.5 Å². The molecule has 1 aromatic rings. The normalized spacial score (nSPS) is 11.6. The Balaban J connectivity index is 2.98. The standard InChI is InChI=1S/C9H8O7S/c10-7-5-6(2-4-9(11)12)1-3-8(7)16-17(13,14)15/h1-5,10H,(H,11,12)(H,13,14,15). The molecule has 0 saturated carbocycles. The highest BCUT2D eigenvalue weighted by molar-refractivity contribution is 7.81. The molecule has 0 aliphatic carbocycles. The Morgan fingerprint density at radius 3 is 2.47 bits per heavy atom. The number of phenolic OH excluding ortho intramolecular Hbond substituents is 1. The summed E-state index contributed by atoms with van der Waals surface area (Å²) in [6.45, 7) is 0. The molecule has 0 atom stereocenters. The van der Waals surface area contributed by atoms with Crippen LogP contribution in [0, 0.1) is 0 Å². The zero-order valence-electron chi connectivity index (χ0n) is 8.27. The van der Waals surface area contributed by atoms with E-state index in [1.54, 1.807) is 0 Å². The Hall–Kier alpha value is -2.06. The second kappa shape index (κ2) is 4.85. The summed E-state index contributed by atoms with van der Waals surface area (Å²) in [5.41, 5.74) is 0.326. The first-order valence-electron chi connectivity index (χ1n) is 4.19. The van der Waals surface area contributed by atoms with Gasteiger partial charge in [-0.05, 0) is 23.8 Å². The molecule has 1 aromatic carbocycles. The maximum Gasteiger partial charge on any atom is 0.446 e. The van der Waals surface area contributed by atoms with Crippen LogP contribution in [0.5, 0.6) is 11.5 Å². The van der Waals surface area contributed by atoms with Gasteiger partial charge < -0.3 is 14.4 Å². The molecule has 0 amide bonds. The first-order chi connectivity index (χ1) is 7.78. The summed E-state index contributed by atoms with van der Waals surface area (Å²) >= 11 is 0. The van der Waals surface area contributed by atoms with Crippen LogP contribution in [-0.4, -0.2) is 29.2 Å². The van der Waals surface area contributed by atoms with Gasteiger partial charge in [0, 0.05) is 6.08 Å². The van der Waals surface area contributed by atoms with Crippen molar-refractivity contribution in [1.82, 2.24) is 0 Å². The molecule has 0 radical (unpaired) electrons. The van der Waals surface area contributed by atoms with E-state index in [1.165, 1.54) is 12.1 Å². The van der Waals surface area contributed by atoms with Gasteiger partial charge in [-0.2, -0.15) is 8.42 Å². The summed E-state index contributed by atoms with van der Waals surface area (Å²) in [5, 5.41) is 17.7. The second-order valence-corrected chi connectivity index (χ2v) is 3.93. The number of carboxylic acid groups (broad SMARTS) is 1. The zero-order chi connectivity index (χ0) is 13.1. The number of benzene rings is 1. The van der Waals surface area contributed by atoms with Crippen molar-refractivity contribution in [3.8, 4) is 11.5 Å². The fourth-order valence-corrected chi connectivity index (χ4v) is 1.36. The summed E-state index contributed by atoms with van der Waals surface area (Å²) in [5.74, 6) is -2.17. The highest BCUT2D eigenvalue weighted by Crippen LogP contribution is 2.28. The lowest BCUT2D eigenvalue weighted by Crippen LogP contribution is -2.06. The minimum Gasteiger partial charge on any atom is -0.504 e. The molecule has 0 aromatic heterocycles. The van der Waals surface area contributed by atoms with Crippen LogP contribution >= 0.6 is 0 Å². The van der Waals surface area contributed by atoms with Gasteiger partial charge >= 0.3 is 16.4 Å². The van der Waals surface area contributed by atoms with Gasteiger partial charge in [0.05, 0.1) is 0 Å². The van der Waals surface area contributed by atoms with Crippen molar-refractivity contribution in [2.24, 2.45) is 0 Å². The van der Waals surface area contributed by atoms with Crippen molar-refractivity contribution >= 4 is 22.4 Å². The van der Waals surface area contributed by atoms with Crippen molar-refractivity contribution in [1.29, 1.82) is 0 Å². The maximum atomic E-state index is 10.4. The van der Waals surface area contributed by atoms with Crippen LogP contribution < -0.4 is 4.18 Å². The second-order valence-electron chi connectivity index (χ2n) is 2.91. The van der Waals surface area contributed by atoms with E-state index in [4.69, 9.17) is 9.66 Å². The van der Waals surface area contributed by atoms with Crippen LogP contribution in [0.15, 0.2) is 24.3 Å². The number of hydrogen-bond donors (Lipinski definition) is 3.